The van der Waals surface area contributed by atoms with Gasteiger partial charge in [-0.25, -0.2) is 0 Å². The quantitative estimate of drug-likeness (QED) is 0.425. The molecule has 0 fully saturated rings. The molecule has 1 aliphatic heterocycles. The van der Waals surface area contributed by atoms with Gasteiger partial charge in [0.1, 0.15) is 6.54 Å². The molecule has 6 nitrogen and oxygen atoms in total. The predicted octanol–water partition coefficient (Wildman–Crippen LogP) is 4.91. The summed E-state index contributed by atoms with van der Waals surface area (Å²) in [5, 5.41) is 0.570. The van der Waals surface area contributed by atoms with Crippen LogP contribution in [0.25, 0.3) is 0 Å². The van der Waals surface area contributed by atoms with E-state index in [9.17, 15) is 9.59 Å². The largest absolute Gasteiger partial charge is 0.325 e. The van der Waals surface area contributed by atoms with E-state index in [1.807, 2.05) is 24.3 Å². The van der Waals surface area contributed by atoms with Gasteiger partial charge in [0.05, 0.1) is 6.54 Å². The van der Waals surface area contributed by atoms with Crippen LogP contribution in [0.3, 0.4) is 0 Å². The van der Waals surface area contributed by atoms with Crippen LogP contribution in [0.2, 0.25) is 5.02 Å². The Balaban J connectivity index is 1.53. The fourth-order valence-corrected chi connectivity index (χ4v) is 4.77. The third kappa shape index (κ3) is 6.77. The van der Waals surface area contributed by atoms with E-state index in [1.165, 1.54) is 5.56 Å². The standard InChI is InChI=1S/C30H35ClN4O2/c1-22(32(2)3)17-33(4)18-23-8-7-9-24(16-23)19-35-28-11-6-5-10-26(28)20-34(21-29(35)36)30(37)25-12-14-27(31)15-13-25/h5-16,22H,17-21H2,1-4H3. The first-order valence-electron chi connectivity index (χ1n) is 12.6. The monoisotopic (exact) mass is 518 g/mol. The molecule has 1 aliphatic rings. The van der Waals surface area contributed by atoms with Gasteiger partial charge in [0.2, 0.25) is 5.91 Å². The van der Waals surface area contributed by atoms with Crippen molar-refractivity contribution in [2.45, 2.75) is 32.6 Å². The third-order valence-corrected chi connectivity index (χ3v) is 7.14. The van der Waals surface area contributed by atoms with Gasteiger partial charge >= 0.3 is 0 Å². The molecule has 194 valence electrons. The maximum atomic E-state index is 13.5. The van der Waals surface area contributed by atoms with Gasteiger partial charge in [0.25, 0.3) is 5.91 Å². The maximum absolute atomic E-state index is 13.5. The molecule has 7 heteroatoms. The van der Waals surface area contributed by atoms with E-state index >= 15 is 0 Å². The number of halogens is 1. The molecule has 0 bridgehead atoms. The van der Waals surface area contributed by atoms with Crippen molar-refractivity contribution in [3.63, 3.8) is 0 Å². The number of anilines is 1. The van der Waals surface area contributed by atoms with E-state index < -0.39 is 0 Å². The molecule has 0 radical (unpaired) electrons. The van der Waals surface area contributed by atoms with Crippen LogP contribution in [-0.4, -0.2) is 66.8 Å². The highest BCUT2D eigenvalue weighted by molar-refractivity contribution is 6.30. The van der Waals surface area contributed by atoms with Crippen molar-refractivity contribution in [2.24, 2.45) is 0 Å². The van der Waals surface area contributed by atoms with Crippen LogP contribution < -0.4 is 4.90 Å². The smallest absolute Gasteiger partial charge is 0.254 e. The number of hydrogen-bond acceptors (Lipinski definition) is 4. The van der Waals surface area contributed by atoms with Crippen molar-refractivity contribution >= 4 is 29.1 Å². The van der Waals surface area contributed by atoms with Crippen LogP contribution in [0.15, 0.2) is 72.8 Å². The van der Waals surface area contributed by atoms with Gasteiger partial charge in [-0.3, -0.25) is 9.59 Å². The molecule has 4 rings (SSSR count). The lowest BCUT2D eigenvalue weighted by Crippen LogP contribution is -2.39. The fourth-order valence-electron chi connectivity index (χ4n) is 4.64. The molecule has 1 unspecified atom stereocenters. The van der Waals surface area contributed by atoms with Crippen LogP contribution >= 0.6 is 11.6 Å². The second-order valence-corrected chi connectivity index (χ2v) is 10.5. The molecule has 0 saturated carbocycles. The number of carbonyl (C=O) groups excluding carboxylic acids is 2. The normalized spacial score (nSPS) is 14.6. The first kappa shape index (κ1) is 26.9. The number of para-hydroxylation sites is 1. The zero-order chi connectivity index (χ0) is 26.5. The van der Waals surface area contributed by atoms with Crippen LogP contribution in [0, 0.1) is 0 Å². The molecule has 3 aromatic carbocycles. The Bertz CT molecular complexity index is 1240. The first-order valence-corrected chi connectivity index (χ1v) is 12.9. The Kier molecular flexibility index (Phi) is 8.64. The van der Waals surface area contributed by atoms with Crippen molar-refractivity contribution in [3.8, 4) is 0 Å². The number of hydrogen-bond donors (Lipinski definition) is 0. The summed E-state index contributed by atoms with van der Waals surface area (Å²) in [7, 11) is 6.33. The zero-order valence-corrected chi connectivity index (χ0v) is 22.8. The molecule has 0 spiro atoms. The third-order valence-electron chi connectivity index (χ3n) is 6.89. The van der Waals surface area contributed by atoms with Crippen LogP contribution in [0.5, 0.6) is 0 Å². The number of likely N-dealkylation sites (N-methyl/N-ethyl adjacent to an activating group) is 2. The van der Waals surface area contributed by atoms with Crippen molar-refractivity contribution < 1.29 is 9.59 Å². The van der Waals surface area contributed by atoms with E-state index in [2.05, 4.69) is 62.1 Å². The molecule has 3 aromatic rings. The lowest BCUT2D eigenvalue weighted by atomic mass is 10.1. The second-order valence-electron chi connectivity index (χ2n) is 10.1. The van der Waals surface area contributed by atoms with Crippen LogP contribution in [0.1, 0.15) is 34.0 Å². The zero-order valence-electron chi connectivity index (χ0n) is 22.0. The SMILES string of the molecule is CC(CN(C)Cc1cccc(CN2C(=O)CN(C(=O)c3ccc(Cl)cc3)Cc3ccccc32)c1)N(C)C. The molecule has 2 amide bonds. The maximum Gasteiger partial charge on any atom is 0.254 e. The van der Waals surface area contributed by atoms with Crippen molar-refractivity contribution in [1.29, 1.82) is 0 Å². The summed E-state index contributed by atoms with van der Waals surface area (Å²) in [6, 6.07) is 23.5. The summed E-state index contributed by atoms with van der Waals surface area (Å²) in [5.74, 6) is -0.284. The van der Waals surface area contributed by atoms with Crippen molar-refractivity contribution in [1.82, 2.24) is 14.7 Å². The average molecular weight is 519 g/mol. The number of benzene rings is 3. The number of amides is 2. The molecular weight excluding hydrogens is 484 g/mol. The minimum atomic E-state index is -0.182. The Hall–Kier alpha value is -3.19. The van der Waals surface area contributed by atoms with Gasteiger partial charge in [-0.15, -0.1) is 0 Å². The fraction of sp³-hybridized carbons (Fsp3) is 0.333. The predicted molar refractivity (Wildman–Crippen MR) is 150 cm³/mol. The Labute approximate surface area is 225 Å². The van der Waals surface area contributed by atoms with Gasteiger partial charge < -0.3 is 19.6 Å². The number of fused-ring (bicyclic) bond motifs is 1. The first-order chi connectivity index (χ1) is 17.7. The summed E-state index contributed by atoms with van der Waals surface area (Å²) in [6.45, 7) is 4.85. The summed E-state index contributed by atoms with van der Waals surface area (Å²) in [6.07, 6.45) is 0. The number of nitrogens with zero attached hydrogens (tertiary/aromatic N) is 4. The number of carbonyl (C=O) groups is 2. The lowest BCUT2D eigenvalue weighted by molar-refractivity contribution is -0.119. The van der Waals surface area contributed by atoms with E-state index in [-0.39, 0.29) is 18.4 Å². The molecule has 1 atom stereocenters. The highest BCUT2D eigenvalue weighted by atomic mass is 35.5. The Morgan fingerprint density at radius 3 is 2.38 bits per heavy atom. The van der Waals surface area contributed by atoms with Gasteiger partial charge in [0.15, 0.2) is 0 Å². The Morgan fingerprint density at radius 1 is 0.946 bits per heavy atom. The van der Waals surface area contributed by atoms with E-state index in [0.29, 0.717) is 29.7 Å². The topological polar surface area (TPSA) is 47.1 Å². The molecule has 0 N–H and O–H groups in total. The molecule has 1 heterocycles. The summed E-state index contributed by atoms with van der Waals surface area (Å²) in [4.78, 5) is 34.7. The summed E-state index contributed by atoms with van der Waals surface area (Å²) >= 11 is 6.00. The highest BCUT2D eigenvalue weighted by Gasteiger charge is 2.29. The van der Waals surface area contributed by atoms with Gasteiger partial charge in [-0.2, -0.15) is 0 Å². The number of rotatable bonds is 8. The average Bonchev–Trinajstić information content (AvgIpc) is 3.00. The Morgan fingerprint density at radius 2 is 1.65 bits per heavy atom. The minimum Gasteiger partial charge on any atom is -0.325 e. The second kappa shape index (κ2) is 11.9. The lowest BCUT2D eigenvalue weighted by Gasteiger charge is -2.26. The van der Waals surface area contributed by atoms with Crippen molar-refractivity contribution in [3.05, 3.63) is 100 Å². The van der Waals surface area contributed by atoms with Crippen LogP contribution in [-0.2, 0) is 24.4 Å². The van der Waals surface area contributed by atoms with Gasteiger partial charge in [-0.05, 0) is 75.1 Å². The summed E-state index contributed by atoms with van der Waals surface area (Å²) < 4.78 is 0. The van der Waals surface area contributed by atoms with Gasteiger partial charge in [0, 0.05) is 41.9 Å². The van der Waals surface area contributed by atoms with E-state index in [1.54, 1.807) is 34.1 Å². The van der Waals surface area contributed by atoms with E-state index in [0.717, 1.165) is 29.9 Å². The minimum absolute atomic E-state index is 0.0149. The highest BCUT2D eigenvalue weighted by Crippen LogP contribution is 2.28. The van der Waals surface area contributed by atoms with Crippen LogP contribution in [0.4, 0.5) is 5.69 Å². The molecule has 0 aliphatic carbocycles. The molecule has 0 aromatic heterocycles. The van der Waals surface area contributed by atoms with Crippen molar-refractivity contribution in [2.75, 3.05) is 39.1 Å². The van der Waals surface area contributed by atoms with E-state index in [4.69, 9.17) is 11.6 Å². The van der Waals surface area contributed by atoms with Gasteiger partial charge in [-0.1, -0.05) is 54.1 Å². The molecular formula is C30H35ClN4O2. The molecule has 37 heavy (non-hydrogen) atoms. The summed E-state index contributed by atoms with van der Waals surface area (Å²) in [5.41, 5.74) is 4.59. The molecule has 0 saturated heterocycles.